The summed E-state index contributed by atoms with van der Waals surface area (Å²) in [6, 6.07) is 15.8. The summed E-state index contributed by atoms with van der Waals surface area (Å²) in [5, 5.41) is 0.994. The highest BCUT2D eigenvalue weighted by molar-refractivity contribution is 6.07. The van der Waals surface area contributed by atoms with Crippen molar-refractivity contribution >= 4 is 16.8 Å². The lowest BCUT2D eigenvalue weighted by atomic mass is 10.0. The summed E-state index contributed by atoms with van der Waals surface area (Å²) in [5.41, 5.74) is 2.83. The minimum absolute atomic E-state index is 0.0156. The average Bonchev–Trinajstić information content (AvgIpc) is 3.05. The zero-order valence-electron chi connectivity index (χ0n) is 15.2. The van der Waals surface area contributed by atoms with Gasteiger partial charge in [0.25, 0.3) is 5.91 Å². The van der Waals surface area contributed by atoms with E-state index < -0.39 is 0 Å². The van der Waals surface area contributed by atoms with Gasteiger partial charge >= 0.3 is 0 Å². The van der Waals surface area contributed by atoms with E-state index in [0.29, 0.717) is 0 Å². The molecule has 0 aliphatic heterocycles. The second-order valence-electron chi connectivity index (χ2n) is 6.18. The molecule has 1 atom stereocenters. The molecule has 0 N–H and O–H groups in total. The Labute approximate surface area is 148 Å². The highest BCUT2D eigenvalue weighted by Gasteiger charge is 2.24. The Kier molecular flexibility index (Phi) is 4.79. The molecule has 130 valence electrons. The average molecular weight is 336 g/mol. The molecule has 0 bridgehead atoms. The van der Waals surface area contributed by atoms with Crippen LogP contribution in [0.3, 0.4) is 0 Å². The van der Waals surface area contributed by atoms with Crippen LogP contribution in [0.2, 0.25) is 0 Å². The Bertz CT molecular complexity index is 898. The van der Waals surface area contributed by atoms with Crippen LogP contribution < -0.4 is 4.74 Å². The molecule has 1 aromatic heterocycles. The molecule has 0 aliphatic carbocycles. The van der Waals surface area contributed by atoms with Gasteiger partial charge in [-0.3, -0.25) is 4.79 Å². The lowest BCUT2D eigenvalue weighted by molar-refractivity contribution is 0.0743. The van der Waals surface area contributed by atoms with Crippen LogP contribution in [0.5, 0.6) is 5.75 Å². The Hall–Kier alpha value is -2.75. The molecule has 4 nitrogen and oxygen atoms in total. The van der Waals surface area contributed by atoms with Gasteiger partial charge in [0.05, 0.1) is 18.7 Å². The molecule has 25 heavy (non-hydrogen) atoms. The molecule has 3 rings (SSSR count). The van der Waals surface area contributed by atoms with E-state index in [1.54, 1.807) is 12.0 Å². The zero-order chi connectivity index (χ0) is 18.0. The second kappa shape index (κ2) is 7.01. The number of rotatable bonds is 5. The number of benzene rings is 2. The zero-order valence-corrected chi connectivity index (χ0v) is 15.2. The van der Waals surface area contributed by atoms with Gasteiger partial charge in [0.1, 0.15) is 5.75 Å². The van der Waals surface area contributed by atoms with Crippen molar-refractivity contribution in [1.29, 1.82) is 0 Å². The van der Waals surface area contributed by atoms with Crippen LogP contribution in [-0.2, 0) is 6.54 Å². The Morgan fingerprint density at radius 1 is 1.16 bits per heavy atom. The summed E-state index contributed by atoms with van der Waals surface area (Å²) < 4.78 is 7.57. The predicted molar refractivity (Wildman–Crippen MR) is 101 cm³/mol. The van der Waals surface area contributed by atoms with Crippen molar-refractivity contribution in [3.05, 3.63) is 65.9 Å². The number of fused-ring (bicyclic) bond motifs is 1. The largest absolute Gasteiger partial charge is 0.496 e. The lowest BCUT2D eigenvalue weighted by Crippen LogP contribution is -2.29. The number of para-hydroxylation sites is 2. The fraction of sp³-hybridized carbons (Fsp3) is 0.286. The quantitative estimate of drug-likeness (QED) is 0.687. The third-order valence-corrected chi connectivity index (χ3v) is 4.85. The third kappa shape index (κ3) is 3.00. The number of carbonyl (C=O) groups is 1. The Morgan fingerprint density at radius 2 is 1.84 bits per heavy atom. The van der Waals surface area contributed by atoms with Crippen LogP contribution >= 0.6 is 0 Å². The summed E-state index contributed by atoms with van der Waals surface area (Å²) in [5.74, 6) is 0.812. The van der Waals surface area contributed by atoms with Gasteiger partial charge in [-0.2, -0.15) is 0 Å². The van der Waals surface area contributed by atoms with E-state index in [4.69, 9.17) is 4.74 Å². The maximum absolute atomic E-state index is 13.2. The first-order valence-electron chi connectivity index (χ1n) is 8.56. The minimum Gasteiger partial charge on any atom is -0.496 e. The molecule has 0 fully saturated rings. The summed E-state index contributed by atoms with van der Waals surface area (Å²) in [6.45, 7) is 4.94. The van der Waals surface area contributed by atoms with Crippen LogP contribution in [0.15, 0.2) is 54.7 Å². The fourth-order valence-electron chi connectivity index (χ4n) is 3.26. The number of amides is 1. The first kappa shape index (κ1) is 17.1. The first-order valence-corrected chi connectivity index (χ1v) is 8.56. The summed E-state index contributed by atoms with van der Waals surface area (Å²) in [6.07, 6.45) is 1.96. The Morgan fingerprint density at radius 3 is 2.56 bits per heavy atom. The molecule has 0 radical (unpaired) electrons. The molecule has 1 heterocycles. The standard InChI is InChI=1S/C21H24N2O2/c1-5-23-14-18(17-11-6-8-12-19(17)23)21(24)22(3)15(2)16-10-7-9-13-20(16)25-4/h6-15H,5H2,1-4H3. The van der Waals surface area contributed by atoms with E-state index in [-0.39, 0.29) is 11.9 Å². The number of nitrogens with zero attached hydrogens (tertiary/aromatic N) is 2. The second-order valence-corrected chi connectivity index (χ2v) is 6.18. The van der Waals surface area contributed by atoms with Crippen molar-refractivity contribution in [1.82, 2.24) is 9.47 Å². The maximum Gasteiger partial charge on any atom is 0.256 e. The van der Waals surface area contributed by atoms with Gasteiger partial charge in [-0.15, -0.1) is 0 Å². The van der Waals surface area contributed by atoms with E-state index >= 15 is 0 Å². The van der Waals surface area contributed by atoms with Crippen molar-refractivity contribution in [3.8, 4) is 5.75 Å². The molecule has 3 aromatic rings. The topological polar surface area (TPSA) is 34.5 Å². The highest BCUT2D eigenvalue weighted by Crippen LogP contribution is 2.30. The smallest absolute Gasteiger partial charge is 0.256 e. The van der Waals surface area contributed by atoms with Crippen LogP contribution in [0.25, 0.3) is 10.9 Å². The van der Waals surface area contributed by atoms with Crippen molar-refractivity contribution in [2.24, 2.45) is 0 Å². The number of aryl methyl sites for hydroxylation is 1. The minimum atomic E-state index is -0.0904. The summed E-state index contributed by atoms with van der Waals surface area (Å²) in [4.78, 5) is 15.0. The normalized spacial score (nSPS) is 12.2. The van der Waals surface area contributed by atoms with E-state index in [1.165, 1.54) is 0 Å². The Balaban J connectivity index is 1.98. The van der Waals surface area contributed by atoms with Gasteiger partial charge in [0, 0.05) is 36.3 Å². The number of methoxy groups -OCH3 is 1. The molecular weight excluding hydrogens is 312 g/mol. The maximum atomic E-state index is 13.2. The molecule has 0 saturated heterocycles. The first-order chi connectivity index (χ1) is 12.1. The molecule has 4 heteroatoms. The van der Waals surface area contributed by atoms with Crippen molar-refractivity contribution in [2.75, 3.05) is 14.2 Å². The molecular formula is C21H24N2O2. The van der Waals surface area contributed by atoms with Gasteiger partial charge in [0.15, 0.2) is 0 Å². The van der Waals surface area contributed by atoms with E-state index in [1.807, 2.05) is 62.6 Å². The fourth-order valence-corrected chi connectivity index (χ4v) is 3.26. The van der Waals surface area contributed by atoms with Crippen LogP contribution in [-0.4, -0.2) is 29.5 Å². The number of hydrogen-bond acceptors (Lipinski definition) is 2. The lowest BCUT2D eigenvalue weighted by Gasteiger charge is -2.26. The molecule has 0 spiro atoms. The highest BCUT2D eigenvalue weighted by atomic mass is 16.5. The van der Waals surface area contributed by atoms with Gasteiger partial charge in [-0.25, -0.2) is 0 Å². The van der Waals surface area contributed by atoms with Gasteiger partial charge in [0.2, 0.25) is 0 Å². The number of hydrogen-bond donors (Lipinski definition) is 0. The van der Waals surface area contributed by atoms with Crippen molar-refractivity contribution < 1.29 is 9.53 Å². The SMILES string of the molecule is CCn1cc(C(=O)N(C)C(C)c2ccccc2OC)c2ccccc21. The van der Waals surface area contributed by atoms with Crippen molar-refractivity contribution in [2.45, 2.75) is 26.4 Å². The molecule has 0 aliphatic rings. The summed E-state index contributed by atoms with van der Waals surface area (Å²) in [7, 11) is 3.50. The van der Waals surface area contributed by atoms with Gasteiger partial charge in [-0.1, -0.05) is 36.4 Å². The van der Waals surface area contributed by atoms with Crippen molar-refractivity contribution in [3.63, 3.8) is 0 Å². The third-order valence-electron chi connectivity index (χ3n) is 4.85. The van der Waals surface area contributed by atoms with Crippen LogP contribution in [0.1, 0.15) is 35.8 Å². The van der Waals surface area contributed by atoms with E-state index in [0.717, 1.165) is 34.3 Å². The number of aromatic nitrogens is 1. The molecule has 2 aromatic carbocycles. The predicted octanol–water partition coefficient (Wildman–Crippen LogP) is 4.50. The van der Waals surface area contributed by atoms with Crippen LogP contribution in [0.4, 0.5) is 0 Å². The van der Waals surface area contributed by atoms with Gasteiger partial charge < -0.3 is 14.2 Å². The molecule has 1 unspecified atom stereocenters. The number of carbonyl (C=O) groups excluding carboxylic acids is 1. The molecule has 1 amide bonds. The van der Waals surface area contributed by atoms with Crippen LogP contribution in [0, 0.1) is 0 Å². The van der Waals surface area contributed by atoms with E-state index in [9.17, 15) is 4.79 Å². The monoisotopic (exact) mass is 336 g/mol. The van der Waals surface area contributed by atoms with E-state index in [2.05, 4.69) is 17.6 Å². The summed E-state index contributed by atoms with van der Waals surface area (Å²) >= 11 is 0. The van der Waals surface area contributed by atoms with Gasteiger partial charge in [-0.05, 0) is 26.0 Å². The molecule has 0 saturated carbocycles. The number of ether oxygens (including phenoxy) is 1.